The summed E-state index contributed by atoms with van der Waals surface area (Å²) < 4.78 is 0. The topological polar surface area (TPSA) is 47.0 Å². The highest BCUT2D eigenvalue weighted by molar-refractivity contribution is 5.76. The molecule has 2 heterocycles. The van der Waals surface area contributed by atoms with Crippen LogP contribution < -0.4 is 0 Å². The van der Waals surface area contributed by atoms with Crippen molar-refractivity contribution < 1.29 is 9.90 Å². The van der Waals surface area contributed by atoms with E-state index in [0.717, 1.165) is 56.8 Å². The molecule has 3 aliphatic rings. The van der Waals surface area contributed by atoms with Gasteiger partial charge in [-0.25, -0.2) is 0 Å². The molecule has 1 aliphatic carbocycles. The number of carbonyl (C=O) groups is 1. The molecule has 5 nitrogen and oxygen atoms in total. The van der Waals surface area contributed by atoms with E-state index in [2.05, 4.69) is 15.9 Å². The molecule has 0 radical (unpaired) electrons. The smallest absolute Gasteiger partial charge is 0.223 e. The first-order valence-electron chi connectivity index (χ1n) is 10.1. The molecule has 26 heavy (non-hydrogen) atoms. The van der Waals surface area contributed by atoms with Gasteiger partial charge in [0.2, 0.25) is 5.91 Å². The van der Waals surface area contributed by atoms with Gasteiger partial charge >= 0.3 is 0 Å². The highest BCUT2D eigenvalue weighted by atomic mass is 16.3. The van der Waals surface area contributed by atoms with E-state index in [1.165, 1.54) is 31.4 Å². The molecule has 0 spiro atoms. The molecule has 5 heteroatoms. The molecule has 0 unspecified atom stereocenters. The number of carbonyl (C=O) groups excluding carboxylic acids is 1. The van der Waals surface area contributed by atoms with Gasteiger partial charge in [-0.05, 0) is 36.3 Å². The lowest BCUT2D eigenvalue weighted by atomic mass is 10.1. The number of piperidine rings is 1. The second-order valence-electron chi connectivity index (χ2n) is 8.16. The van der Waals surface area contributed by atoms with Crippen LogP contribution in [0.2, 0.25) is 0 Å². The SMILES string of the molecule is O=C(CCN1C[C@H]2CC[C@H]1C2)N1CCN(Cc2ccccc2CO)CC1. The van der Waals surface area contributed by atoms with E-state index >= 15 is 0 Å². The molecule has 0 aromatic heterocycles. The quantitative estimate of drug-likeness (QED) is 0.842. The van der Waals surface area contributed by atoms with E-state index in [9.17, 15) is 9.90 Å². The summed E-state index contributed by atoms with van der Waals surface area (Å²) in [6.45, 7) is 6.60. The standard InChI is InChI=1S/C21H31N3O2/c25-16-19-4-2-1-3-18(19)15-22-9-11-23(12-10-22)21(26)7-8-24-14-17-5-6-20(24)13-17/h1-4,17,20,25H,5-16H2/t17-,20-/m0/s1. The lowest BCUT2D eigenvalue weighted by Crippen LogP contribution is -2.49. The van der Waals surface area contributed by atoms with Gasteiger partial charge in [0.15, 0.2) is 0 Å². The number of amides is 1. The summed E-state index contributed by atoms with van der Waals surface area (Å²) in [7, 11) is 0. The molecule has 142 valence electrons. The first-order chi connectivity index (χ1) is 12.7. The zero-order valence-corrected chi connectivity index (χ0v) is 15.6. The van der Waals surface area contributed by atoms with E-state index in [4.69, 9.17) is 0 Å². The first kappa shape index (κ1) is 18.0. The van der Waals surface area contributed by atoms with Gasteiger partial charge in [-0.15, -0.1) is 0 Å². The van der Waals surface area contributed by atoms with E-state index in [-0.39, 0.29) is 6.61 Å². The highest BCUT2D eigenvalue weighted by Crippen LogP contribution is 2.37. The van der Waals surface area contributed by atoms with Gasteiger partial charge in [-0.2, -0.15) is 0 Å². The number of fused-ring (bicyclic) bond motifs is 2. The zero-order valence-electron chi connectivity index (χ0n) is 15.6. The number of hydrogen-bond acceptors (Lipinski definition) is 4. The van der Waals surface area contributed by atoms with Crippen molar-refractivity contribution in [1.29, 1.82) is 0 Å². The minimum atomic E-state index is 0.0903. The third-order valence-electron chi connectivity index (χ3n) is 6.54. The van der Waals surface area contributed by atoms with Crippen LogP contribution in [-0.4, -0.2) is 71.0 Å². The molecular weight excluding hydrogens is 326 g/mol. The van der Waals surface area contributed by atoms with E-state index in [1.54, 1.807) is 0 Å². The van der Waals surface area contributed by atoms with E-state index in [1.807, 2.05) is 23.1 Å². The maximum Gasteiger partial charge on any atom is 0.223 e. The van der Waals surface area contributed by atoms with Gasteiger partial charge in [-0.1, -0.05) is 24.3 Å². The lowest BCUT2D eigenvalue weighted by molar-refractivity contribution is -0.133. The van der Waals surface area contributed by atoms with Gasteiger partial charge in [0.05, 0.1) is 6.61 Å². The number of nitrogens with zero attached hydrogens (tertiary/aromatic N) is 3. The maximum absolute atomic E-state index is 12.6. The molecule has 3 fully saturated rings. The summed E-state index contributed by atoms with van der Waals surface area (Å²) >= 11 is 0. The number of benzene rings is 1. The number of likely N-dealkylation sites (tertiary alicyclic amines) is 1. The summed E-state index contributed by atoms with van der Waals surface area (Å²) in [5, 5.41) is 9.48. The summed E-state index contributed by atoms with van der Waals surface area (Å²) in [4.78, 5) is 19.6. The maximum atomic E-state index is 12.6. The van der Waals surface area contributed by atoms with Crippen molar-refractivity contribution in [2.75, 3.05) is 39.3 Å². The minimum absolute atomic E-state index is 0.0903. The highest BCUT2D eigenvalue weighted by Gasteiger charge is 2.37. The molecule has 1 aromatic carbocycles. The van der Waals surface area contributed by atoms with Crippen LogP contribution in [0.3, 0.4) is 0 Å². The Labute approximate surface area is 156 Å². The van der Waals surface area contributed by atoms with Crippen LogP contribution in [0.1, 0.15) is 36.8 Å². The van der Waals surface area contributed by atoms with Gasteiger partial charge < -0.3 is 10.0 Å². The van der Waals surface area contributed by atoms with Crippen LogP contribution in [0.25, 0.3) is 0 Å². The van der Waals surface area contributed by atoms with Crippen LogP contribution in [-0.2, 0) is 17.9 Å². The Morgan fingerprint density at radius 1 is 1.08 bits per heavy atom. The van der Waals surface area contributed by atoms with Crippen LogP contribution in [0.5, 0.6) is 0 Å². The molecule has 2 atom stereocenters. The van der Waals surface area contributed by atoms with Gasteiger partial charge in [-0.3, -0.25) is 14.6 Å². The van der Waals surface area contributed by atoms with Crippen LogP contribution in [0.4, 0.5) is 0 Å². The van der Waals surface area contributed by atoms with Gasteiger partial charge in [0.25, 0.3) is 0 Å². The molecule has 2 aliphatic heterocycles. The van der Waals surface area contributed by atoms with Crippen molar-refractivity contribution in [3.8, 4) is 0 Å². The second-order valence-corrected chi connectivity index (χ2v) is 8.16. The van der Waals surface area contributed by atoms with Crippen molar-refractivity contribution in [1.82, 2.24) is 14.7 Å². The van der Waals surface area contributed by atoms with Gasteiger partial charge in [0, 0.05) is 58.3 Å². The molecular formula is C21H31N3O2. The van der Waals surface area contributed by atoms with Crippen molar-refractivity contribution in [3.63, 3.8) is 0 Å². The Morgan fingerprint density at radius 3 is 2.50 bits per heavy atom. The second kappa shape index (κ2) is 8.07. The van der Waals surface area contributed by atoms with Crippen molar-refractivity contribution in [2.45, 2.75) is 44.9 Å². The van der Waals surface area contributed by atoms with Crippen molar-refractivity contribution in [2.24, 2.45) is 5.92 Å². The van der Waals surface area contributed by atoms with Crippen molar-refractivity contribution >= 4 is 5.91 Å². The molecule has 2 bridgehead atoms. The molecule has 2 saturated heterocycles. The molecule has 1 N–H and O–H groups in total. The minimum Gasteiger partial charge on any atom is -0.392 e. The van der Waals surface area contributed by atoms with Crippen LogP contribution in [0.15, 0.2) is 24.3 Å². The number of rotatable bonds is 6. The predicted molar refractivity (Wildman–Crippen MR) is 102 cm³/mol. The number of hydrogen-bond donors (Lipinski definition) is 1. The Hall–Kier alpha value is -1.43. The van der Waals surface area contributed by atoms with Crippen LogP contribution in [0, 0.1) is 5.92 Å². The summed E-state index contributed by atoms with van der Waals surface area (Å²) in [5.74, 6) is 1.23. The largest absolute Gasteiger partial charge is 0.392 e. The number of piperazine rings is 1. The number of aliphatic hydroxyl groups is 1. The zero-order chi connectivity index (χ0) is 17.9. The first-order valence-corrected chi connectivity index (χ1v) is 10.1. The fourth-order valence-corrected chi connectivity index (χ4v) is 4.96. The van der Waals surface area contributed by atoms with Crippen LogP contribution >= 0.6 is 0 Å². The average molecular weight is 357 g/mol. The Morgan fingerprint density at radius 2 is 1.85 bits per heavy atom. The average Bonchev–Trinajstić information content (AvgIpc) is 3.30. The summed E-state index contributed by atoms with van der Waals surface area (Å²) in [6.07, 6.45) is 4.78. The molecule has 1 amide bonds. The Balaban J connectivity index is 1.21. The Bertz CT molecular complexity index is 627. The van der Waals surface area contributed by atoms with Crippen molar-refractivity contribution in [3.05, 3.63) is 35.4 Å². The predicted octanol–water partition coefficient (Wildman–Crippen LogP) is 1.70. The fourth-order valence-electron chi connectivity index (χ4n) is 4.96. The number of aliphatic hydroxyl groups excluding tert-OH is 1. The fraction of sp³-hybridized carbons (Fsp3) is 0.667. The summed E-state index contributed by atoms with van der Waals surface area (Å²) in [6, 6.07) is 8.83. The summed E-state index contributed by atoms with van der Waals surface area (Å²) in [5.41, 5.74) is 2.20. The molecule has 1 aromatic rings. The molecule has 4 rings (SSSR count). The Kier molecular flexibility index (Phi) is 5.57. The van der Waals surface area contributed by atoms with E-state index in [0.29, 0.717) is 12.3 Å². The third kappa shape index (κ3) is 3.95. The third-order valence-corrected chi connectivity index (χ3v) is 6.54. The monoisotopic (exact) mass is 357 g/mol. The normalized spacial score (nSPS) is 26.6. The molecule has 1 saturated carbocycles. The lowest BCUT2D eigenvalue weighted by Gasteiger charge is -2.35. The van der Waals surface area contributed by atoms with E-state index < -0.39 is 0 Å². The van der Waals surface area contributed by atoms with Gasteiger partial charge in [0.1, 0.15) is 0 Å².